The van der Waals surface area contributed by atoms with Crippen molar-refractivity contribution < 1.29 is 8.42 Å². The van der Waals surface area contributed by atoms with Gasteiger partial charge in [-0.1, -0.05) is 32.4 Å². The lowest BCUT2D eigenvalue weighted by atomic mass is 9.80. The fourth-order valence-corrected chi connectivity index (χ4v) is 3.76. The second-order valence-corrected chi connectivity index (χ2v) is 8.80. The van der Waals surface area contributed by atoms with Crippen molar-refractivity contribution in [3.05, 3.63) is 11.6 Å². The van der Waals surface area contributed by atoms with E-state index in [9.17, 15) is 8.42 Å². The van der Waals surface area contributed by atoms with Gasteiger partial charge in [0.25, 0.3) is 0 Å². The number of allylic oxidation sites excluding steroid dienone is 2. The standard InChI is InChI=1S/C13H24O2S/c1-10(2)16(14,15)12-8-6-11(7-9-12)13(3,4)5/h6,10,12H,7-9H2,1-5H3. The van der Waals surface area contributed by atoms with Gasteiger partial charge in [-0.05, 0) is 38.5 Å². The predicted molar refractivity (Wildman–Crippen MR) is 69.2 cm³/mol. The van der Waals surface area contributed by atoms with Crippen molar-refractivity contribution in [2.24, 2.45) is 5.41 Å². The summed E-state index contributed by atoms with van der Waals surface area (Å²) in [5.41, 5.74) is 1.59. The fraction of sp³-hybridized carbons (Fsp3) is 0.846. The molecular formula is C13H24O2S. The van der Waals surface area contributed by atoms with E-state index < -0.39 is 9.84 Å². The number of rotatable bonds is 2. The van der Waals surface area contributed by atoms with Crippen molar-refractivity contribution in [2.45, 2.75) is 64.4 Å². The molecule has 0 saturated heterocycles. The molecule has 0 amide bonds. The van der Waals surface area contributed by atoms with Gasteiger partial charge < -0.3 is 0 Å². The Kier molecular flexibility index (Phi) is 3.88. The van der Waals surface area contributed by atoms with Crippen LogP contribution in [0, 0.1) is 5.41 Å². The maximum absolute atomic E-state index is 12.0. The van der Waals surface area contributed by atoms with Gasteiger partial charge in [0.05, 0.1) is 10.5 Å². The SMILES string of the molecule is CC(C)S(=O)(=O)C1CC=C(C(C)(C)C)CC1. The first-order valence-corrected chi connectivity index (χ1v) is 7.69. The molecule has 0 spiro atoms. The van der Waals surface area contributed by atoms with E-state index in [-0.39, 0.29) is 15.9 Å². The van der Waals surface area contributed by atoms with Crippen molar-refractivity contribution in [3.8, 4) is 0 Å². The van der Waals surface area contributed by atoms with Gasteiger partial charge in [0.15, 0.2) is 9.84 Å². The molecule has 1 unspecified atom stereocenters. The van der Waals surface area contributed by atoms with E-state index in [4.69, 9.17) is 0 Å². The molecule has 0 fully saturated rings. The zero-order valence-electron chi connectivity index (χ0n) is 11.1. The van der Waals surface area contributed by atoms with Gasteiger partial charge in [-0.25, -0.2) is 8.42 Å². The van der Waals surface area contributed by atoms with Gasteiger partial charge in [-0.15, -0.1) is 0 Å². The molecule has 0 aromatic heterocycles. The Morgan fingerprint density at radius 2 is 1.88 bits per heavy atom. The first-order valence-electron chi connectivity index (χ1n) is 6.08. The smallest absolute Gasteiger partial charge is 0.155 e. The van der Waals surface area contributed by atoms with Crippen LogP contribution in [0.25, 0.3) is 0 Å². The monoisotopic (exact) mass is 244 g/mol. The molecule has 1 atom stereocenters. The second-order valence-electron chi connectivity index (χ2n) is 6.01. The van der Waals surface area contributed by atoms with Crippen LogP contribution in [0.4, 0.5) is 0 Å². The zero-order chi connectivity index (χ0) is 12.6. The topological polar surface area (TPSA) is 34.1 Å². The van der Waals surface area contributed by atoms with Gasteiger partial charge in [0, 0.05) is 0 Å². The molecule has 1 rings (SSSR count). The van der Waals surface area contributed by atoms with Crippen molar-refractivity contribution in [3.63, 3.8) is 0 Å². The third-order valence-corrected chi connectivity index (χ3v) is 6.12. The third-order valence-electron chi connectivity index (χ3n) is 3.45. The summed E-state index contributed by atoms with van der Waals surface area (Å²) in [6.07, 6.45) is 4.57. The first kappa shape index (κ1) is 13.8. The fourth-order valence-electron chi connectivity index (χ4n) is 2.17. The molecule has 0 heterocycles. The van der Waals surface area contributed by atoms with E-state index in [0.29, 0.717) is 6.42 Å². The normalized spacial score (nSPS) is 23.4. The molecule has 0 aliphatic heterocycles. The van der Waals surface area contributed by atoms with Gasteiger partial charge in [0.1, 0.15) is 0 Å². The predicted octanol–water partition coefficient (Wildman–Crippen LogP) is 3.33. The summed E-state index contributed by atoms with van der Waals surface area (Å²) in [5, 5.41) is -0.402. The van der Waals surface area contributed by atoms with Crippen molar-refractivity contribution in [1.29, 1.82) is 0 Å². The highest BCUT2D eigenvalue weighted by atomic mass is 32.2. The Morgan fingerprint density at radius 3 is 2.19 bits per heavy atom. The third kappa shape index (κ3) is 2.88. The number of hydrogen-bond donors (Lipinski definition) is 0. The highest BCUT2D eigenvalue weighted by Gasteiger charge is 2.31. The summed E-state index contributed by atoms with van der Waals surface area (Å²) in [6.45, 7) is 10.1. The number of hydrogen-bond acceptors (Lipinski definition) is 2. The van der Waals surface area contributed by atoms with E-state index in [2.05, 4.69) is 26.8 Å². The summed E-state index contributed by atoms with van der Waals surface area (Å²) in [5.74, 6) is 0. The van der Waals surface area contributed by atoms with Crippen LogP contribution < -0.4 is 0 Å². The lowest BCUT2D eigenvalue weighted by Crippen LogP contribution is -2.31. The van der Waals surface area contributed by atoms with Gasteiger partial charge in [-0.2, -0.15) is 0 Å². The van der Waals surface area contributed by atoms with Gasteiger partial charge >= 0.3 is 0 Å². The van der Waals surface area contributed by atoms with Crippen LogP contribution in [0.1, 0.15) is 53.9 Å². The molecule has 1 aliphatic rings. The van der Waals surface area contributed by atoms with Crippen molar-refractivity contribution in [2.75, 3.05) is 0 Å². The summed E-state index contributed by atoms with van der Waals surface area (Å²) < 4.78 is 24.0. The van der Waals surface area contributed by atoms with E-state index in [0.717, 1.165) is 12.8 Å². The molecule has 16 heavy (non-hydrogen) atoms. The summed E-state index contributed by atoms with van der Waals surface area (Å²) >= 11 is 0. The van der Waals surface area contributed by atoms with Crippen LogP contribution in [-0.4, -0.2) is 18.9 Å². The zero-order valence-corrected chi connectivity index (χ0v) is 11.9. The van der Waals surface area contributed by atoms with Crippen LogP contribution in [0.15, 0.2) is 11.6 Å². The lowest BCUT2D eigenvalue weighted by molar-refractivity contribution is 0.456. The average Bonchev–Trinajstić information content (AvgIpc) is 2.16. The van der Waals surface area contributed by atoms with E-state index in [1.165, 1.54) is 5.57 Å². The van der Waals surface area contributed by atoms with E-state index in [1.54, 1.807) is 13.8 Å². The molecule has 1 aliphatic carbocycles. The Morgan fingerprint density at radius 1 is 1.31 bits per heavy atom. The molecule has 0 aromatic rings. The maximum atomic E-state index is 12.0. The molecule has 0 aromatic carbocycles. The summed E-state index contributed by atoms with van der Waals surface area (Å²) in [7, 11) is -2.91. The van der Waals surface area contributed by atoms with Gasteiger partial charge in [0.2, 0.25) is 0 Å². The quantitative estimate of drug-likeness (QED) is 0.698. The van der Waals surface area contributed by atoms with Crippen LogP contribution in [0.3, 0.4) is 0 Å². The highest BCUT2D eigenvalue weighted by molar-refractivity contribution is 7.92. The van der Waals surface area contributed by atoms with E-state index in [1.807, 2.05) is 0 Å². The number of sulfone groups is 1. The van der Waals surface area contributed by atoms with Crippen LogP contribution in [-0.2, 0) is 9.84 Å². The maximum Gasteiger partial charge on any atom is 0.155 e. The summed E-state index contributed by atoms with van der Waals surface area (Å²) in [4.78, 5) is 0. The van der Waals surface area contributed by atoms with Crippen LogP contribution in [0.5, 0.6) is 0 Å². The van der Waals surface area contributed by atoms with Crippen LogP contribution >= 0.6 is 0 Å². The lowest BCUT2D eigenvalue weighted by Gasteiger charge is -2.30. The van der Waals surface area contributed by atoms with Crippen LogP contribution in [0.2, 0.25) is 0 Å². The highest BCUT2D eigenvalue weighted by Crippen LogP contribution is 2.35. The molecule has 0 bridgehead atoms. The molecule has 0 radical (unpaired) electrons. The molecule has 2 nitrogen and oxygen atoms in total. The Labute approximate surface area is 100 Å². The Hall–Kier alpha value is -0.310. The molecule has 0 saturated carbocycles. The van der Waals surface area contributed by atoms with Crippen molar-refractivity contribution in [1.82, 2.24) is 0 Å². The molecule has 3 heteroatoms. The molecular weight excluding hydrogens is 220 g/mol. The minimum atomic E-state index is -2.91. The largest absolute Gasteiger partial charge is 0.228 e. The van der Waals surface area contributed by atoms with Crippen molar-refractivity contribution >= 4 is 9.84 Å². The minimum absolute atomic E-state index is 0.154. The first-order chi connectivity index (χ1) is 7.15. The average molecular weight is 244 g/mol. The Balaban J connectivity index is 2.80. The molecule has 0 N–H and O–H groups in total. The van der Waals surface area contributed by atoms with Gasteiger partial charge in [-0.3, -0.25) is 0 Å². The second kappa shape index (κ2) is 4.52. The minimum Gasteiger partial charge on any atom is -0.228 e. The Bertz CT molecular complexity index is 369. The van der Waals surface area contributed by atoms with E-state index >= 15 is 0 Å². The molecule has 94 valence electrons. The summed E-state index contributed by atoms with van der Waals surface area (Å²) in [6, 6.07) is 0.